The molecule has 1 unspecified atom stereocenters. The molecule has 0 fully saturated rings. The summed E-state index contributed by atoms with van der Waals surface area (Å²) >= 11 is 5.40. The summed E-state index contributed by atoms with van der Waals surface area (Å²) in [5.41, 5.74) is 2.57. The predicted molar refractivity (Wildman–Crippen MR) is 89.9 cm³/mol. The van der Waals surface area contributed by atoms with Crippen LogP contribution in [-0.4, -0.2) is 13.7 Å². The Hall–Kier alpha value is -0.840. The minimum Gasteiger partial charge on any atom is -0.492 e. The molecule has 20 heavy (non-hydrogen) atoms. The standard InChI is InChI=1S/C16H20BrNOS/c1-4-8-19-14-6-5-12(10-13(14)17)15(18-3)16-11(2)7-9-20-16/h5-7,9-10,15,18H,4,8H2,1-3H3. The van der Waals surface area contributed by atoms with Crippen molar-refractivity contribution in [3.05, 3.63) is 50.1 Å². The van der Waals surface area contributed by atoms with E-state index in [1.54, 1.807) is 11.3 Å². The monoisotopic (exact) mass is 353 g/mol. The number of benzene rings is 1. The predicted octanol–water partition coefficient (Wildman–Crippen LogP) is 4.92. The highest BCUT2D eigenvalue weighted by Crippen LogP contribution is 2.33. The van der Waals surface area contributed by atoms with Crippen molar-refractivity contribution in [2.75, 3.05) is 13.7 Å². The maximum Gasteiger partial charge on any atom is 0.133 e. The van der Waals surface area contributed by atoms with Crippen LogP contribution in [0.3, 0.4) is 0 Å². The van der Waals surface area contributed by atoms with Crippen molar-refractivity contribution >= 4 is 27.3 Å². The van der Waals surface area contributed by atoms with Crippen LogP contribution < -0.4 is 10.1 Å². The minimum atomic E-state index is 0.228. The second-order valence-corrected chi connectivity index (χ2v) is 6.53. The highest BCUT2D eigenvalue weighted by Gasteiger charge is 2.16. The SMILES string of the molecule is CCCOc1ccc(C(NC)c2sccc2C)cc1Br. The van der Waals surface area contributed by atoms with Gasteiger partial charge in [-0.3, -0.25) is 0 Å². The van der Waals surface area contributed by atoms with Crippen LogP contribution in [0.25, 0.3) is 0 Å². The summed E-state index contributed by atoms with van der Waals surface area (Å²) in [7, 11) is 2.00. The summed E-state index contributed by atoms with van der Waals surface area (Å²) in [6.07, 6.45) is 1.02. The lowest BCUT2D eigenvalue weighted by Crippen LogP contribution is -2.17. The normalized spacial score (nSPS) is 12.4. The molecule has 0 aliphatic rings. The largest absolute Gasteiger partial charge is 0.492 e. The maximum absolute atomic E-state index is 5.70. The number of thiophene rings is 1. The van der Waals surface area contributed by atoms with Gasteiger partial charge < -0.3 is 10.1 Å². The van der Waals surface area contributed by atoms with E-state index < -0.39 is 0 Å². The second kappa shape index (κ2) is 7.25. The van der Waals surface area contributed by atoms with Gasteiger partial charge in [-0.25, -0.2) is 0 Å². The first-order valence-electron chi connectivity index (χ1n) is 6.80. The lowest BCUT2D eigenvalue weighted by molar-refractivity contribution is 0.315. The van der Waals surface area contributed by atoms with Crippen molar-refractivity contribution < 1.29 is 4.74 Å². The zero-order valence-corrected chi connectivity index (χ0v) is 14.5. The molecule has 0 aliphatic carbocycles. The van der Waals surface area contributed by atoms with Crippen molar-refractivity contribution in [3.8, 4) is 5.75 Å². The summed E-state index contributed by atoms with van der Waals surface area (Å²) in [4.78, 5) is 1.36. The number of hydrogen-bond acceptors (Lipinski definition) is 3. The highest BCUT2D eigenvalue weighted by molar-refractivity contribution is 9.10. The van der Waals surface area contributed by atoms with Crippen LogP contribution in [-0.2, 0) is 0 Å². The molecule has 0 saturated heterocycles. The molecular weight excluding hydrogens is 334 g/mol. The molecule has 0 radical (unpaired) electrons. The van der Waals surface area contributed by atoms with Gasteiger partial charge in [0, 0.05) is 4.88 Å². The van der Waals surface area contributed by atoms with Crippen LogP contribution in [0.4, 0.5) is 0 Å². The maximum atomic E-state index is 5.70. The van der Waals surface area contributed by atoms with Gasteiger partial charge in [-0.2, -0.15) is 0 Å². The number of rotatable bonds is 6. The number of aryl methyl sites for hydroxylation is 1. The Morgan fingerprint density at radius 2 is 2.15 bits per heavy atom. The first-order valence-corrected chi connectivity index (χ1v) is 8.48. The van der Waals surface area contributed by atoms with Gasteiger partial charge in [-0.05, 0) is 71.0 Å². The zero-order chi connectivity index (χ0) is 14.5. The van der Waals surface area contributed by atoms with E-state index in [4.69, 9.17) is 4.74 Å². The number of halogens is 1. The van der Waals surface area contributed by atoms with E-state index in [1.165, 1.54) is 16.0 Å². The van der Waals surface area contributed by atoms with Crippen molar-refractivity contribution in [1.29, 1.82) is 0 Å². The van der Waals surface area contributed by atoms with Crippen molar-refractivity contribution in [2.45, 2.75) is 26.3 Å². The molecule has 0 saturated carbocycles. The van der Waals surface area contributed by atoms with E-state index in [0.29, 0.717) is 0 Å². The molecule has 2 aromatic rings. The number of ether oxygens (including phenoxy) is 1. The fraction of sp³-hybridized carbons (Fsp3) is 0.375. The highest BCUT2D eigenvalue weighted by atomic mass is 79.9. The molecule has 0 bridgehead atoms. The van der Waals surface area contributed by atoms with E-state index in [-0.39, 0.29) is 6.04 Å². The van der Waals surface area contributed by atoms with E-state index in [1.807, 2.05) is 13.1 Å². The molecule has 0 spiro atoms. The van der Waals surface area contributed by atoms with Crippen LogP contribution >= 0.6 is 27.3 Å². The summed E-state index contributed by atoms with van der Waals surface area (Å²) in [6.45, 7) is 5.01. The quantitative estimate of drug-likeness (QED) is 0.795. The summed E-state index contributed by atoms with van der Waals surface area (Å²) < 4.78 is 6.72. The molecule has 4 heteroatoms. The minimum absolute atomic E-state index is 0.228. The molecule has 2 nitrogen and oxygen atoms in total. The Morgan fingerprint density at radius 1 is 1.35 bits per heavy atom. The van der Waals surface area contributed by atoms with Gasteiger partial charge in [0.2, 0.25) is 0 Å². The number of hydrogen-bond donors (Lipinski definition) is 1. The third-order valence-corrected chi connectivity index (χ3v) is 4.91. The molecule has 0 amide bonds. The number of nitrogens with one attached hydrogen (secondary N) is 1. The zero-order valence-electron chi connectivity index (χ0n) is 12.1. The van der Waals surface area contributed by atoms with Gasteiger partial charge in [0.1, 0.15) is 5.75 Å². The summed E-state index contributed by atoms with van der Waals surface area (Å²) in [5.74, 6) is 0.911. The Bertz CT molecular complexity index is 567. The van der Waals surface area contributed by atoms with Crippen LogP contribution in [0.1, 0.15) is 35.4 Å². The molecular formula is C16H20BrNOS. The molecule has 108 valence electrons. The Morgan fingerprint density at radius 3 is 2.70 bits per heavy atom. The first-order chi connectivity index (χ1) is 9.67. The van der Waals surface area contributed by atoms with Crippen LogP contribution in [0.15, 0.2) is 34.1 Å². The molecule has 1 aromatic heterocycles. The molecule has 0 aliphatic heterocycles. The van der Waals surface area contributed by atoms with Crippen LogP contribution in [0, 0.1) is 6.92 Å². The fourth-order valence-corrected chi connectivity index (χ4v) is 3.73. The van der Waals surface area contributed by atoms with Gasteiger partial charge in [-0.15, -0.1) is 11.3 Å². The second-order valence-electron chi connectivity index (χ2n) is 4.73. The lowest BCUT2D eigenvalue weighted by Gasteiger charge is -2.18. The van der Waals surface area contributed by atoms with Gasteiger partial charge in [0.25, 0.3) is 0 Å². The molecule has 1 N–H and O–H groups in total. The van der Waals surface area contributed by atoms with Gasteiger partial charge in [0.05, 0.1) is 17.1 Å². The van der Waals surface area contributed by atoms with E-state index in [9.17, 15) is 0 Å². The van der Waals surface area contributed by atoms with E-state index in [2.05, 4.69) is 58.7 Å². The summed E-state index contributed by atoms with van der Waals surface area (Å²) in [5, 5.41) is 5.54. The average Bonchev–Trinajstić information content (AvgIpc) is 2.85. The van der Waals surface area contributed by atoms with Crippen LogP contribution in [0.5, 0.6) is 5.75 Å². The van der Waals surface area contributed by atoms with E-state index >= 15 is 0 Å². The average molecular weight is 354 g/mol. The van der Waals surface area contributed by atoms with Crippen LogP contribution in [0.2, 0.25) is 0 Å². The van der Waals surface area contributed by atoms with Gasteiger partial charge in [-0.1, -0.05) is 13.0 Å². The van der Waals surface area contributed by atoms with E-state index in [0.717, 1.165) is 23.2 Å². The Balaban J connectivity index is 2.27. The molecule has 2 rings (SSSR count). The first kappa shape index (κ1) is 15.5. The van der Waals surface area contributed by atoms with Gasteiger partial charge >= 0.3 is 0 Å². The fourth-order valence-electron chi connectivity index (χ4n) is 2.16. The molecule has 1 atom stereocenters. The Labute approximate surface area is 133 Å². The summed E-state index contributed by atoms with van der Waals surface area (Å²) in [6, 6.07) is 8.72. The third-order valence-electron chi connectivity index (χ3n) is 3.20. The van der Waals surface area contributed by atoms with Crippen molar-refractivity contribution in [2.24, 2.45) is 0 Å². The smallest absolute Gasteiger partial charge is 0.133 e. The lowest BCUT2D eigenvalue weighted by atomic mass is 10.0. The topological polar surface area (TPSA) is 21.3 Å². The van der Waals surface area contributed by atoms with Crippen molar-refractivity contribution in [1.82, 2.24) is 5.32 Å². The molecule has 1 aromatic carbocycles. The Kier molecular flexibility index (Phi) is 5.64. The third kappa shape index (κ3) is 3.43. The molecule has 1 heterocycles. The van der Waals surface area contributed by atoms with Crippen molar-refractivity contribution in [3.63, 3.8) is 0 Å². The van der Waals surface area contributed by atoms with Gasteiger partial charge in [0.15, 0.2) is 0 Å².